The molecule has 0 unspecified atom stereocenters. The Labute approximate surface area is 191 Å². The van der Waals surface area contributed by atoms with Gasteiger partial charge in [-0.1, -0.05) is 64.2 Å². The zero-order valence-corrected chi connectivity index (χ0v) is 20.7. The number of hydrogen-bond acceptors (Lipinski definition) is 6. The quantitative estimate of drug-likeness (QED) is 0.310. The van der Waals surface area contributed by atoms with Crippen molar-refractivity contribution < 1.29 is 29.0 Å². The third-order valence-corrected chi connectivity index (χ3v) is 9.94. The molecule has 1 aromatic carbocycles. The standard InChI is InChI=1S/C23H34N2O6Si/c1-23(2,3)32(5,6)14-10-13-18(21(28)30-4)24-20(27)19(15-26)25-22(29)31-16-17-11-8-7-9-12-17/h7-9,11-12,18-19,26H,13,15-16H2,1-6H3,(H,24,27)(H,25,29)/t18-,19-/m0/s1. The van der Waals surface area contributed by atoms with Crippen molar-refractivity contribution >= 4 is 26.0 Å². The second-order valence-corrected chi connectivity index (χ2v) is 13.9. The number of carbonyl (C=O) groups excluding carboxylic acids is 3. The first-order valence-electron chi connectivity index (χ1n) is 10.4. The minimum atomic E-state index is -1.88. The molecule has 32 heavy (non-hydrogen) atoms. The number of methoxy groups -OCH3 is 1. The summed E-state index contributed by atoms with van der Waals surface area (Å²) in [5.41, 5.74) is 4.06. The molecule has 0 bridgehead atoms. The molecular weight excluding hydrogens is 428 g/mol. The van der Waals surface area contributed by atoms with Gasteiger partial charge in [-0.25, -0.2) is 9.59 Å². The van der Waals surface area contributed by atoms with Crippen LogP contribution in [0.5, 0.6) is 0 Å². The number of rotatable bonds is 8. The van der Waals surface area contributed by atoms with E-state index in [1.165, 1.54) is 7.11 Å². The Morgan fingerprint density at radius 2 is 1.72 bits per heavy atom. The van der Waals surface area contributed by atoms with E-state index in [9.17, 15) is 19.5 Å². The van der Waals surface area contributed by atoms with Gasteiger partial charge in [0.1, 0.15) is 26.8 Å². The number of aliphatic hydroxyl groups excluding tert-OH is 1. The molecule has 1 aromatic rings. The smallest absolute Gasteiger partial charge is 0.408 e. The minimum Gasteiger partial charge on any atom is -0.467 e. The van der Waals surface area contributed by atoms with Crippen LogP contribution in [0.15, 0.2) is 30.3 Å². The predicted octanol–water partition coefficient (Wildman–Crippen LogP) is 2.37. The number of benzene rings is 1. The Hall–Kier alpha value is -2.83. The maximum atomic E-state index is 12.5. The van der Waals surface area contributed by atoms with Crippen LogP contribution in [0.3, 0.4) is 0 Å². The molecule has 0 heterocycles. The van der Waals surface area contributed by atoms with Crippen LogP contribution in [-0.2, 0) is 25.7 Å². The molecule has 2 amide bonds. The monoisotopic (exact) mass is 462 g/mol. The Morgan fingerprint density at radius 1 is 1.09 bits per heavy atom. The topological polar surface area (TPSA) is 114 Å². The molecule has 1 rings (SSSR count). The van der Waals surface area contributed by atoms with Gasteiger partial charge in [0.15, 0.2) is 0 Å². The molecule has 0 aliphatic carbocycles. The highest BCUT2D eigenvalue weighted by molar-refractivity contribution is 6.87. The van der Waals surface area contributed by atoms with Crippen molar-refractivity contribution in [3.05, 3.63) is 35.9 Å². The van der Waals surface area contributed by atoms with Crippen LogP contribution >= 0.6 is 0 Å². The van der Waals surface area contributed by atoms with Gasteiger partial charge < -0.3 is 25.2 Å². The van der Waals surface area contributed by atoms with Crippen LogP contribution in [0.2, 0.25) is 18.1 Å². The molecule has 3 N–H and O–H groups in total. The summed E-state index contributed by atoms with van der Waals surface area (Å²) in [6.45, 7) is 10.00. The molecule has 0 aromatic heterocycles. The van der Waals surface area contributed by atoms with E-state index in [1.807, 2.05) is 18.2 Å². The zero-order valence-electron chi connectivity index (χ0n) is 19.7. The molecule has 0 aliphatic rings. The maximum absolute atomic E-state index is 12.5. The Bertz CT molecular complexity index is 840. The van der Waals surface area contributed by atoms with Crippen molar-refractivity contribution in [1.82, 2.24) is 10.6 Å². The largest absolute Gasteiger partial charge is 0.467 e. The van der Waals surface area contributed by atoms with Crippen LogP contribution in [0, 0.1) is 11.5 Å². The first kappa shape index (κ1) is 27.2. The summed E-state index contributed by atoms with van der Waals surface area (Å²) in [6, 6.07) is 6.71. The number of esters is 1. The van der Waals surface area contributed by atoms with E-state index in [0.29, 0.717) is 0 Å². The molecule has 8 nitrogen and oxygen atoms in total. The van der Waals surface area contributed by atoms with Gasteiger partial charge >= 0.3 is 12.1 Å². The lowest BCUT2D eigenvalue weighted by Gasteiger charge is -2.31. The van der Waals surface area contributed by atoms with Gasteiger partial charge in [-0.15, -0.1) is 11.5 Å². The maximum Gasteiger partial charge on any atom is 0.408 e. The van der Waals surface area contributed by atoms with Crippen LogP contribution in [0.25, 0.3) is 0 Å². The third-order valence-electron chi connectivity index (χ3n) is 5.39. The summed E-state index contributed by atoms with van der Waals surface area (Å²) in [5, 5.41) is 14.4. The van der Waals surface area contributed by atoms with Crippen molar-refractivity contribution in [2.24, 2.45) is 0 Å². The number of nitrogens with one attached hydrogen (secondary N) is 2. The SMILES string of the molecule is COC(=O)[C@H](CC#C[Si](C)(C)C(C)(C)C)NC(=O)[C@H](CO)NC(=O)OCc1ccccc1. The number of hydrogen-bond donors (Lipinski definition) is 3. The molecule has 0 radical (unpaired) electrons. The fourth-order valence-electron chi connectivity index (χ4n) is 2.27. The van der Waals surface area contributed by atoms with Crippen LogP contribution in [0.4, 0.5) is 4.79 Å². The molecule has 0 spiro atoms. The molecule has 0 saturated carbocycles. The van der Waals surface area contributed by atoms with E-state index in [-0.39, 0.29) is 18.1 Å². The van der Waals surface area contributed by atoms with Gasteiger partial charge in [0, 0.05) is 6.42 Å². The molecule has 0 saturated heterocycles. The third kappa shape index (κ3) is 8.73. The predicted molar refractivity (Wildman–Crippen MR) is 124 cm³/mol. The van der Waals surface area contributed by atoms with Crippen molar-refractivity contribution in [1.29, 1.82) is 0 Å². The Morgan fingerprint density at radius 3 is 2.25 bits per heavy atom. The van der Waals surface area contributed by atoms with Crippen LogP contribution in [0.1, 0.15) is 32.8 Å². The van der Waals surface area contributed by atoms with Crippen molar-refractivity contribution in [2.75, 3.05) is 13.7 Å². The van der Waals surface area contributed by atoms with E-state index in [0.717, 1.165) is 5.56 Å². The fourth-order valence-corrected chi connectivity index (χ4v) is 3.19. The highest BCUT2D eigenvalue weighted by Crippen LogP contribution is 2.35. The summed E-state index contributed by atoms with van der Waals surface area (Å²) in [6.07, 6.45) is -0.808. The fraction of sp³-hybridized carbons (Fsp3) is 0.522. The second-order valence-electron chi connectivity index (χ2n) is 8.91. The van der Waals surface area contributed by atoms with E-state index < -0.39 is 44.7 Å². The second kappa shape index (κ2) is 12.3. The molecular formula is C23H34N2O6Si. The van der Waals surface area contributed by atoms with Crippen LogP contribution < -0.4 is 10.6 Å². The van der Waals surface area contributed by atoms with Crippen molar-refractivity contribution in [2.45, 2.75) is 64.0 Å². The highest BCUT2D eigenvalue weighted by Gasteiger charge is 2.34. The first-order valence-corrected chi connectivity index (χ1v) is 13.4. The summed E-state index contributed by atoms with van der Waals surface area (Å²) in [4.78, 5) is 36.7. The normalized spacial score (nSPS) is 13.1. The van der Waals surface area contributed by atoms with Crippen LogP contribution in [-0.4, -0.2) is 57.0 Å². The van der Waals surface area contributed by atoms with Crippen molar-refractivity contribution in [3.63, 3.8) is 0 Å². The lowest BCUT2D eigenvalue weighted by atomic mass is 10.2. The number of ether oxygens (including phenoxy) is 2. The van der Waals surface area contributed by atoms with Gasteiger partial charge in [0.25, 0.3) is 0 Å². The van der Waals surface area contributed by atoms with Gasteiger partial charge in [0.05, 0.1) is 13.7 Å². The number of alkyl carbamates (subject to hydrolysis) is 1. The van der Waals surface area contributed by atoms with E-state index in [2.05, 4.69) is 56.0 Å². The molecule has 0 aliphatic heterocycles. The summed E-state index contributed by atoms with van der Waals surface area (Å²) < 4.78 is 9.83. The summed E-state index contributed by atoms with van der Waals surface area (Å²) in [5.74, 6) is 1.61. The van der Waals surface area contributed by atoms with E-state index in [1.54, 1.807) is 12.1 Å². The average molecular weight is 463 g/mol. The van der Waals surface area contributed by atoms with Gasteiger partial charge in [-0.2, -0.15) is 0 Å². The zero-order chi connectivity index (χ0) is 24.4. The first-order chi connectivity index (χ1) is 14.9. The summed E-state index contributed by atoms with van der Waals surface area (Å²) >= 11 is 0. The van der Waals surface area contributed by atoms with Gasteiger partial charge in [0.2, 0.25) is 5.91 Å². The van der Waals surface area contributed by atoms with E-state index in [4.69, 9.17) is 9.47 Å². The van der Waals surface area contributed by atoms with E-state index >= 15 is 0 Å². The number of amides is 2. The lowest BCUT2D eigenvalue weighted by Crippen LogP contribution is -2.53. The van der Waals surface area contributed by atoms with Gasteiger partial charge in [-0.05, 0) is 10.6 Å². The van der Waals surface area contributed by atoms with Crippen molar-refractivity contribution in [3.8, 4) is 11.5 Å². The Kier molecular flexibility index (Phi) is 10.4. The lowest BCUT2D eigenvalue weighted by molar-refractivity contribution is -0.145. The van der Waals surface area contributed by atoms with Gasteiger partial charge in [-0.3, -0.25) is 4.79 Å². The molecule has 0 fully saturated rings. The molecule has 9 heteroatoms. The average Bonchev–Trinajstić information content (AvgIpc) is 2.74. The highest BCUT2D eigenvalue weighted by atomic mass is 28.3. The summed E-state index contributed by atoms with van der Waals surface area (Å²) in [7, 11) is -0.670. The number of aliphatic hydroxyl groups is 1. The Balaban J connectivity index is 2.74. The number of carbonyl (C=O) groups is 3. The minimum absolute atomic E-state index is 0.0142. The molecule has 2 atom stereocenters. The molecule has 176 valence electrons.